The summed E-state index contributed by atoms with van der Waals surface area (Å²) >= 11 is 0. The average molecular weight is 239 g/mol. The van der Waals surface area contributed by atoms with Gasteiger partial charge in [-0.15, -0.1) is 0 Å². The first kappa shape index (κ1) is 10.7. The van der Waals surface area contributed by atoms with E-state index in [-0.39, 0.29) is 5.82 Å². The molecule has 1 aromatic carbocycles. The van der Waals surface area contributed by atoms with Gasteiger partial charge in [-0.3, -0.25) is 4.98 Å². The number of benzene rings is 1. The molecule has 0 amide bonds. The van der Waals surface area contributed by atoms with E-state index < -0.39 is 0 Å². The lowest BCUT2D eigenvalue weighted by atomic mass is 10.1. The Labute approximate surface area is 103 Å². The molecular weight excluding hydrogens is 229 g/mol. The second-order valence-corrected chi connectivity index (χ2v) is 3.94. The molecule has 2 aromatic heterocycles. The SMILES string of the molecule is Nc1nc2cccnc2cc1-c1ccccc1F. The highest BCUT2D eigenvalue weighted by atomic mass is 19.1. The maximum absolute atomic E-state index is 13.8. The van der Waals surface area contributed by atoms with E-state index in [2.05, 4.69) is 9.97 Å². The van der Waals surface area contributed by atoms with Crippen LogP contribution in [0.3, 0.4) is 0 Å². The van der Waals surface area contributed by atoms with Crippen molar-refractivity contribution in [1.29, 1.82) is 0 Å². The van der Waals surface area contributed by atoms with Crippen LogP contribution in [0.4, 0.5) is 10.2 Å². The first-order valence-corrected chi connectivity index (χ1v) is 5.52. The number of hydrogen-bond acceptors (Lipinski definition) is 3. The molecule has 0 radical (unpaired) electrons. The zero-order chi connectivity index (χ0) is 12.5. The molecule has 4 heteroatoms. The number of anilines is 1. The summed E-state index contributed by atoms with van der Waals surface area (Å²) in [6.45, 7) is 0. The molecule has 0 aliphatic carbocycles. The van der Waals surface area contributed by atoms with Crippen molar-refractivity contribution in [3.05, 3.63) is 54.5 Å². The largest absolute Gasteiger partial charge is 0.383 e. The van der Waals surface area contributed by atoms with Gasteiger partial charge in [0.05, 0.1) is 11.0 Å². The molecule has 0 aliphatic rings. The number of aromatic nitrogens is 2. The summed E-state index contributed by atoms with van der Waals surface area (Å²) in [7, 11) is 0. The summed E-state index contributed by atoms with van der Waals surface area (Å²) in [5, 5.41) is 0. The van der Waals surface area contributed by atoms with Gasteiger partial charge in [0.25, 0.3) is 0 Å². The number of nitrogens with two attached hydrogens (primary N) is 1. The lowest BCUT2D eigenvalue weighted by molar-refractivity contribution is 0.631. The van der Waals surface area contributed by atoms with Crippen LogP contribution in [0.15, 0.2) is 48.7 Å². The molecule has 0 saturated heterocycles. The van der Waals surface area contributed by atoms with Gasteiger partial charge in [-0.2, -0.15) is 0 Å². The number of hydrogen-bond donors (Lipinski definition) is 1. The molecule has 3 aromatic rings. The number of nitrogen functional groups attached to an aromatic ring is 1. The second kappa shape index (κ2) is 4.07. The van der Waals surface area contributed by atoms with Crippen LogP contribution in [0.5, 0.6) is 0 Å². The fraction of sp³-hybridized carbons (Fsp3) is 0. The van der Waals surface area contributed by atoms with Gasteiger partial charge in [-0.25, -0.2) is 9.37 Å². The molecular formula is C14H10FN3. The molecule has 0 saturated carbocycles. The molecule has 3 rings (SSSR count). The Bertz CT molecular complexity index is 725. The van der Waals surface area contributed by atoms with E-state index in [4.69, 9.17) is 5.73 Å². The van der Waals surface area contributed by atoms with Gasteiger partial charge in [0.2, 0.25) is 0 Å². The van der Waals surface area contributed by atoms with E-state index in [0.717, 1.165) is 0 Å². The second-order valence-electron chi connectivity index (χ2n) is 3.94. The Morgan fingerprint density at radius 3 is 2.61 bits per heavy atom. The van der Waals surface area contributed by atoms with E-state index >= 15 is 0 Å². The predicted molar refractivity (Wildman–Crippen MR) is 69.3 cm³/mol. The zero-order valence-electron chi connectivity index (χ0n) is 9.47. The summed E-state index contributed by atoms with van der Waals surface area (Å²) < 4.78 is 13.8. The lowest BCUT2D eigenvalue weighted by Gasteiger charge is -2.07. The van der Waals surface area contributed by atoms with Crippen molar-refractivity contribution in [3.63, 3.8) is 0 Å². The summed E-state index contributed by atoms with van der Waals surface area (Å²) in [5.74, 6) is -0.0121. The highest BCUT2D eigenvalue weighted by Gasteiger charge is 2.10. The van der Waals surface area contributed by atoms with Crippen molar-refractivity contribution < 1.29 is 4.39 Å². The van der Waals surface area contributed by atoms with Crippen molar-refractivity contribution in [2.75, 3.05) is 5.73 Å². The molecule has 0 unspecified atom stereocenters. The maximum atomic E-state index is 13.8. The van der Waals surface area contributed by atoms with Crippen LogP contribution in [-0.2, 0) is 0 Å². The van der Waals surface area contributed by atoms with Crippen LogP contribution < -0.4 is 5.73 Å². The van der Waals surface area contributed by atoms with Crippen LogP contribution in [0.25, 0.3) is 22.2 Å². The summed E-state index contributed by atoms with van der Waals surface area (Å²) in [6.07, 6.45) is 1.67. The third-order valence-electron chi connectivity index (χ3n) is 2.78. The summed E-state index contributed by atoms with van der Waals surface area (Å²) in [5.41, 5.74) is 8.29. The van der Waals surface area contributed by atoms with Crippen LogP contribution in [0.2, 0.25) is 0 Å². The standard InChI is InChI=1S/C14H10FN3/c15-11-5-2-1-4-9(11)10-8-13-12(18-14(10)16)6-3-7-17-13/h1-8H,(H2,16,18). The van der Waals surface area contributed by atoms with Gasteiger partial charge in [0, 0.05) is 17.3 Å². The topological polar surface area (TPSA) is 51.8 Å². The number of pyridine rings is 2. The Morgan fingerprint density at radius 1 is 0.944 bits per heavy atom. The normalized spacial score (nSPS) is 10.7. The number of fused-ring (bicyclic) bond motifs is 1. The minimum atomic E-state index is -0.318. The smallest absolute Gasteiger partial charge is 0.132 e. The molecule has 2 heterocycles. The quantitative estimate of drug-likeness (QED) is 0.710. The molecule has 88 valence electrons. The fourth-order valence-electron chi connectivity index (χ4n) is 1.91. The number of rotatable bonds is 1. The number of nitrogens with zero attached hydrogens (tertiary/aromatic N) is 2. The molecule has 2 N–H and O–H groups in total. The van der Waals surface area contributed by atoms with E-state index in [1.54, 1.807) is 36.5 Å². The van der Waals surface area contributed by atoms with Gasteiger partial charge in [0.1, 0.15) is 11.6 Å². The Hall–Kier alpha value is -2.49. The maximum Gasteiger partial charge on any atom is 0.132 e. The molecule has 0 bridgehead atoms. The zero-order valence-corrected chi connectivity index (χ0v) is 9.47. The van der Waals surface area contributed by atoms with E-state index in [1.165, 1.54) is 6.07 Å². The molecule has 0 aliphatic heterocycles. The third-order valence-corrected chi connectivity index (χ3v) is 2.78. The molecule has 3 nitrogen and oxygen atoms in total. The van der Waals surface area contributed by atoms with E-state index in [0.29, 0.717) is 28.0 Å². The van der Waals surface area contributed by atoms with E-state index in [1.807, 2.05) is 6.07 Å². The van der Waals surface area contributed by atoms with Crippen LogP contribution >= 0.6 is 0 Å². The van der Waals surface area contributed by atoms with Gasteiger partial charge in [-0.1, -0.05) is 18.2 Å². The molecule has 0 fully saturated rings. The first-order chi connectivity index (χ1) is 8.75. The monoisotopic (exact) mass is 239 g/mol. The minimum absolute atomic E-state index is 0.306. The van der Waals surface area contributed by atoms with Crippen molar-refractivity contribution in [1.82, 2.24) is 9.97 Å². The first-order valence-electron chi connectivity index (χ1n) is 5.52. The summed E-state index contributed by atoms with van der Waals surface area (Å²) in [4.78, 5) is 8.44. The van der Waals surface area contributed by atoms with Crippen molar-refractivity contribution in [3.8, 4) is 11.1 Å². The Morgan fingerprint density at radius 2 is 1.78 bits per heavy atom. The van der Waals surface area contributed by atoms with Crippen molar-refractivity contribution in [2.45, 2.75) is 0 Å². The third kappa shape index (κ3) is 1.68. The Kier molecular flexibility index (Phi) is 2.41. The fourth-order valence-corrected chi connectivity index (χ4v) is 1.91. The van der Waals surface area contributed by atoms with Crippen molar-refractivity contribution in [2.24, 2.45) is 0 Å². The van der Waals surface area contributed by atoms with Gasteiger partial charge >= 0.3 is 0 Å². The molecule has 18 heavy (non-hydrogen) atoms. The highest BCUT2D eigenvalue weighted by molar-refractivity contribution is 5.86. The minimum Gasteiger partial charge on any atom is -0.383 e. The molecule has 0 atom stereocenters. The van der Waals surface area contributed by atoms with Crippen LogP contribution in [0.1, 0.15) is 0 Å². The van der Waals surface area contributed by atoms with Crippen LogP contribution in [-0.4, -0.2) is 9.97 Å². The van der Waals surface area contributed by atoms with Gasteiger partial charge in [0.15, 0.2) is 0 Å². The molecule has 0 spiro atoms. The number of halogens is 1. The predicted octanol–water partition coefficient (Wildman–Crippen LogP) is 3.02. The Balaban J connectivity index is 2.30. The average Bonchev–Trinajstić information content (AvgIpc) is 2.39. The van der Waals surface area contributed by atoms with Gasteiger partial charge in [-0.05, 0) is 24.3 Å². The van der Waals surface area contributed by atoms with Crippen LogP contribution in [0, 0.1) is 5.82 Å². The van der Waals surface area contributed by atoms with Crippen molar-refractivity contribution >= 4 is 16.9 Å². The summed E-state index contributed by atoms with van der Waals surface area (Å²) in [6, 6.07) is 11.9. The van der Waals surface area contributed by atoms with E-state index in [9.17, 15) is 4.39 Å². The highest BCUT2D eigenvalue weighted by Crippen LogP contribution is 2.29. The lowest BCUT2D eigenvalue weighted by Crippen LogP contribution is -1.97. The van der Waals surface area contributed by atoms with Gasteiger partial charge < -0.3 is 5.73 Å².